The molecule has 0 spiro atoms. The van der Waals surface area contributed by atoms with Crippen molar-refractivity contribution in [3.63, 3.8) is 0 Å². The maximum Gasteiger partial charge on any atom is 0.204 e. The molecule has 0 fully saturated rings. The second-order valence-corrected chi connectivity index (χ2v) is 3.57. The van der Waals surface area contributed by atoms with Crippen LogP contribution >= 0.6 is 0 Å². The number of fused-ring (bicyclic) bond motifs is 1. The number of benzene rings is 1. The number of rotatable bonds is 1. The molecule has 0 aliphatic rings. The van der Waals surface area contributed by atoms with Gasteiger partial charge in [-0.25, -0.2) is 14.6 Å². The van der Waals surface area contributed by atoms with Crippen LogP contribution in [0.2, 0.25) is 0 Å². The number of para-hydroxylation sites is 2. The molecule has 2 heterocycles. The summed E-state index contributed by atoms with van der Waals surface area (Å²) in [5.74, 6) is 0.822. The lowest BCUT2D eigenvalue weighted by atomic mass is 10.3. The van der Waals surface area contributed by atoms with Crippen molar-refractivity contribution >= 4 is 16.9 Å². The SMILES string of the molecule is Cn1nnnc1-c1nc2ccccc2nc1N. The lowest BCUT2D eigenvalue weighted by Crippen LogP contribution is -2.03. The van der Waals surface area contributed by atoms with E-state index in [0.717, 1.165) is 11.0 Å². The van der Waals surface area contributed by atoms with Crippen LogP contribution in [0.25, 0.3) is 22.6 Å². The Morgan fingerprint density at radius 1 is 1.12 bits per heavy atom. The van der Waals surface area contributed by atoms with Crippen LogP contribution in [0.3, 0.4) is 0 Å². The van der Waals surface area contributed by atoms with Crippen LogP contribution < -0.4 is 5.73 Å². The van der Waals surface area contributed by atoms with E-state index in [1.165, 1.54) is 4.68 Å². The number of hydrogen-bond acceptors (Lipinski definition) is 6. The summed E-state index contributed by atoms with van der Waals surface area (Å²) in [7, 11) is 1.73. The van der Waals surface area contributed by atoms with Gasteiger partial charge in [-0.3, -0.25) is 0 Å². The zero-order chi connectivity index (χ0) is 11.8. The van der Waals surface area contributed by atoms with Gasteiger partial charge >= 0.3 is 0 Å². The highest BCUT2D eigenvalue weighted by atomic mass is 15.5. The van der Waals surface area contributed by atoms with Gasteiger partial charge in [-0.05, 0) is 22.6 Å². The molecular formula is C10H9N7. The molecule has 0 aliphatic carbocycles. The minimum atomic E-state index is 0.321. The first kappa shape index (κ1) is 9.64. The third-order valence-corrected chi connectivity index (χ3v) is 2.43. The van der Waals surface area contributed by atoms with Crippen molar-refractivity contribution in [2.75, 3.05) is 5.73 Å². The molecule has 1 aromatic carbocycles. The molecule has 0 bridgehead atoms. The summed E-state index contributed by atoms with van der Waals surface area (Å²) >= 11 is 0. The second kappa shape index (κ2) is 3.48. The normalized spacial score (nSPS) is 10.9. The maximum atomic E-state index is 5.86. The Labute approximate surface area is 96.3 Å². The first-order chi connectivity index (χ1) is 8.25. The molecule has 7 heteroatoms. The highest BCUT2D eigenvalue weighted by Gasteiger charge is 2.13. The van der Waals surface area contributed by atoms with Crippen LogP contribution in [-0.2, 0) is 7.05 Å². The highest BCUT2D eigenvalue weighted by molar-refractivity contribution is 5.80. The van der Waals surface area contributed by atoms with Gasteiger partial charge in [-0.15, -0.1) is 5.10 Å². The maximum absolute atomic E-state index is 5.86. The van der Waals surface area contributed by atoms with E-state index in [9.17, 15) is 0 Å². The molecule has 3 rings (SSSR count). The lowest BCUT2D eigenvalue weighted by molar-refractivity contribution is 0.714. The predicted molar refractivity (Wildman–Crippen MR) is 61.7 cm³/mol. The number of tetrazole rings is 1. The Kier molecular flexibility index (Phi) is 1.97. The molecule has 0 saturated heterocycles. The van der Waals surface area contributed by atoms with Crippen molar-refractivity contribution in [1.82, 2.24) is 30.2 Å². The van der Waals surface area contributed by atoms with Crippen molar-refractivity contribution in [2.24, 2.45) is 7.05 Å². The van der Waals surface area contributed by atoms with Crippen molar-refractivity contribution in [2.45, 2.75) is 0 Å². The molecule has 0 saturated carbocycles. The van der Waals surface area contributed by atoms with Crippen molar-refractivity contribution in [1.29, 1.82) is 0 Å². The molecule has 2 aromatic heterocycles. The summed E-state index contributed by atoms with van der Waals surface area (Å²) in [6.45, 7) is 0. The Morgan fingerprint density at radius 2 is 1.82 bits per heavy atom. The van der Waals surface area contributed by atoms with Crippen LogP contribution in [-0.4, -0.2) is 30.2 Å². The second-order valence-electron chi connectivity index (χ2n) is 3.57. The largest absolute Gasteiger partial charge is 0.382 e. The third kappa shape index (κ3) is 1.48. The predicted octanol–water partition coefficient (Wildman–Crippen LogP) is 0.402. The summed E-state index contributed by atoms with van der Waals surface area (Å²) in [5.41, 5.74) is 7.88. The van der Waals surface area contributed by atoms with Gasteiger partial charge in [-0.2, -0.15) is 0 Å². The number of nitrogen functional groups attached to an aromatic ring is 1. The van der Waals surface area contributed by atoms with E-state index in [0.29, 0.717) is 17.3 Å². The summed E-state index contributed by atoms with van der Waals surface area (Å²) < 4.78 is 1.51. The number of hydrogen-bond donors (Lipinski definition) is 1. The molecule has 0 unspecified atom stereocenters. The molecule has 84 valence electrons. The lowest BCUT2D eigenvalue weighted by Gasteiger charge is -2.04. The van der Waals surface area contributed by atoms with Crippen LogP contribution in [0.4, 0.5) is 5.82 Å². The standard InChI is InChI=1S/C10H9N7/c1-17-10(14-15-16-17)8-9(11)13-7-5-3-2-4-6(7)12-8/h2-5H,1H3,(H2,11,13). The van der Waals surface area contributed by atoms with Gasteiger partial charge in [0.1, 0.15) is 0 Å². The molecule has 0 amide bonds. The van der Waals surface area contributed by atoms with Crippen molar-refractivity contribution < 1.29 is 0 Å². The molecule has 2 N–H and O–H groups in total. The number of nitrogens with zero attached hydrogens (tertiary/aromatic N) is 6. The molecule has 0 atom stereocenters. The van der Waals surface area contributed by atoms with Crippen LogP contribution in [0, 0.1) is 0 Å². The molecule has 0 radical (unpaired) electrons. The fraction of sp³-hybridized carbons (Fsp3) is 0.100. The van der Waals surface area contributed by atoms with E-state index < -0.39 is 0 Å². The Balaban J connectivity index is 2.30. The van der Waals surface area contributed by atoms with Crippen LogP contribution in [0.5, 0.6) is 0 Å². The van der Waals surface area contributed by atoms with Gasteiger partial charge in [0.15, 0.2) is 11.5 Å². The number of aromatic nitrogens is 6. The molecule has 17 heavy (non-hydrogen) atoms. The Hall–Kier alpha value is -2.57. The minimum Gasteiger partial charge on any atom is -0.382 e. The molecule has 7 nitrogen and oxygen atoms in total. The van der Waals surface area contributed by atoms with Crippen molar-refractivity contribution in [3.8, 4) is 11.5 Å². The fourth-order valence-electron chi connectivity index (χ4n) is 1.61. The average Bonchev–Trinajstić information content (AvgIpc) is 2.74. The summed E-state index contributed by atoms with van der Waals surface area (Å²) in [4.78, 5) is 8.71. The summed E-state index contributed by atoms with van der Waals surface area (Å²) in [6, 6.07) is 7.51. The Bertz CT molecular complexity index is 688. The monoisotopic (exact) mass is 227 g/mol. The molecular weight excluding hydrogens is 218 g/mol. The zero-order valence-electron chi connectivity index (χ0n) is 9.07. The Morgan fingerprint density at radius 3 is 2.47 bits per heavy atom. The van der Waals surface area contributed by atoms with Crippen LogP contribution in [0.15, 0.2) is 24.3 Å². The van der Waals surface area contributed by atoms with E-state index in [1.807, 2.05) is 24.3 Å². The highest BCUT2D eigenvalue weighted by Crippen LogP contribution is 2.21. The zero-order valence-corrected chi connectivity index (χ0v) is 9.07. The first-order valence-electron chi connectivity index (χ1n) is 5.00. The number of aryl methyl sites for hydroxylation is 1. The smallest absolute Gasteiger partial charge is 0.204 e. The third-order valence-electron chi connectivity index (χ3n) is 2.43. The van der Waals surface area contributed by atoms with Gasteiger partial charge in [-0.1, -0.05) is 12.1 Å². The van der Waals surface area contributed by atoms with Gasteiger partial charge in [0, 0.05) is 7.05 Å². The van der Waals surface area contributed by atoms with Crippen LogP contribution in [0.1, 0.15) is 0 Å². The van der Waals surface area contributed by atoms with Gasteiger partial charge in [0.25, 0.3) is 0 Å². The van der Waals surface area contributed by atoms with Crippen molar-refractivity contribution in [3.05, 3.63) is 24.3 Å². The van der Waals surface area contributed by atoms with E-state index in [4.69, 9.17) is 5.73 Å². The topological polar surface area (TPSA) is 95.4 Å². The average molecular weight is 227 g/mol. The van der Waals surface area contributed by atoms with E-state index in [-0.39, 0.29) is 0 Å². The van der Waals surface area contributed by atoms with E-state index in [1.54, 1.807) is 7.05 Å². The quantitative estimate of drug-likeness (QED) is 0.646. The summed E-state index contributed by atoms with van der Waals surface area (Å²) in [5, 5.41) is 11.2. The fourth-order valence-corrected chi connectivity index (χ4v) is 1.61. The van der Waals surface area contributed by atoms with Gasteiger partial charge in [0.05, 0.1) is 11.0 Å². The number of anilines is 1. The minimum absolute atomic E-state index is 0.321. The first-order valence-corrected chi connectivity index (χ1v) is 5.00. The van der Waals surface area contributed by atoms with E-state index in [2.05, 4.69) is 25.5 Å². The van der Waals surface area contributed by atoms with Gasteiger partial charge in [0.2, 0.25) is 5.82 Å². The molecule has 3 aromatic rings. The number of nitrogens with two attached hydrogens (primary N) is 1. The summed E-state index contributed by atoms with van der Waals surface area (Å²) in [6.07, 6.45) is 0. The molecule has 0 aliphatic heterocycles. The van der Waals surface area contributed by atoms with E-state index >= 15 is 0 Å². The van der Waals surface area contributed by atoms with Gasteiger partial charge < -0.3 is 5.73 Å².